The van der Waals surface area contributed by atoms with Crippen molar-refractivity contribution in [1.29, 1.82) is 0 Å². The number of hydrogen-bond acceptors (Lipinski definition) is 2. The van der Waals surface area contributed by atoms with E-state index in [4.69, 9.17) is 4.74 Å². The molecule has 0 aromatic heterocycles. The molecule has 0 fully saturated rings. The molecule has 0 saturated heterocycles. The van der Waals surface area contributed by atoms with E-state index in [1.165, 1.54) is 5.56 Å². The van der Waals surface area contributed by atoms with E-state index in [-0.39, 0.29) is 12.5 Å². The summed E-state index contributed by atoms with van der Waals surface area (Å²) in [6, 6.07) is 15.4. The minimum Gasteiger partial charge on any atom is -0.484 e. The molecular formula is C18H20BrNO2. The molecule has 0 saturated carbocycles. The number of carbonyl (C=O) groups excluding carboxylic acids is 1. The summed E-state index contributed by atoms with van der Waals surface area (Å²) < 4.78 is 6.38. The SMILES string of the molecule is CC[C@@H](C)c1ccc(NC(=O)COc2cccc(Br)c2)cc1. The number of ether oxygens (including phenoxy) is 1. The van der Waals surface area contributed by atoms with Gasteiger partial charge in [-0.2, -0.15) is 0 Å². The van der Waals surface area contributed by atoms with Gasteiger partial charge in [-0.1, -0.05) is 48.0 Å². The van der Waals surface area contributed by atoms with Gasteiger partial charge >= 0.3 is 0 Å². The lowest BCUT2D eigenvalue weighted by molar-refractivity contribution is -0.118. The molecule has 4 heteroatoms. The zero-order valence-corrected chi connectivity index (χ0v) is 14.4. The average Bonchev–Trinajstić information content (AvgIpc) is 2.53. The fourth-order valence-corrected chi connectivity index (χ4v) is 2.41. The fourth-order valence-electron chi connectivity index (χ4n) is 2.03. The lowest BCUT2D eigenvalue weighted by Crippen LogP contribution is -2.20. The summed E-state index contributed by atoms with van der Waals surface area (Å²) in [6.07, 6.45) is 1.10. The Morgan fingerprint density at radius 1 is 1.23 bits per heavy atom. The van der Waals surface area contributed by atoms with E-state index < -0.39 is 0 Å². The largest absolute Gasteiger partial charge is 0.484 e. The monoisotopic (exact) mass is 361 g/mol. The first-order valence-corrected chi connectivity index (χ1v) is 8.16. The molecule has 0 radical (unpaired) electrons. The number of carbonyl (C=O) groups is 1. The maximum Gasteiger partial charge on any atom is 0.262 e. The molecule has 2 rings (SSSR count). The van der Waals surface area contributed by atoms with Crippen molar-refractivity contribution in [2.24, 2.45) is 0 Å². The van der Waals surface area contributed by atoms with Crippen molar-refractivity contribution < 1.29 is 9.53 Å². The molecule has 3 nitrogen and oxygen atoms in total. The van der Waals surface area contributed by atoms with Crippen LogP contribution in [0.25, 0.3) is 0 Å². The number of halogens is 1. The third-order valence-corrected chi connectivity index (χ3v) is 4.04. The van der Waals surface area contributed by atoms with E-state index >= 15 is 0 Å². The second-order valence-electron chi connectivity index (χ2n) is 5.23. The van der Waals surface area contributed by atoms with Crippen molar-refractivity contribution in [3.63, 3.8) is 0 Å². The topological polar surface area (TPSA) is 38.3 Å². The molecule has 1 N–H and O–H groups in total. The highest BCUT2D eigenvalue weighted by atomic mass is 79.9. The minimum absolute atomic E-state index is 0.0103. The number of anilines is 1. The van der Waals surface area contributed by atoms with Gasteiger partial charge < -0.3 is 10.1 Å². The van der Waals surface area contributed by atoms with Crippen LogP contribution in [-0.2, 0) is 4.79 Å². The van der Waals surface area contributed by atoms with Gasteiger partial charge in [-0.25, -0.2) is 0 Å². The van der Waals surface area contributed by atoms with Crippen LogP contribution in [0.4, 0.5) is 5.69 Å². The van der Waals surface area contributed by atoms with Crippen molar-refractivity contribution in [2.45, 2.75) is 26.2 Å². The van der Waals surface area contributed by atoms with Gasteiger partial charge in [0.15, 0.2) is 6.61 Å². The Hall–Kier alpha value is -1.81. The summed E-state index contributed by atoms with van der Waals surface area (Å²) in [7, 11) is 0. The highest BCUT2D eigenvalue weighted by molar-refractivity contribution is 9.10. The Labute approximate surface area is 139 Å². The van der Waals surface area contributed by atoms with E-state index in [9.17, 15) is 4.79 Å². The first-order chi connectivity index (χ1) is 10.6. The second-order valence-corrected chi connectivity index (χ2v) is 6.14. The highest BCUT2D eigenvalue weighted by Crippen LogP contribution is 2.21. The quantitative estimate of drug-likeness (QED) is 0.787. The summed E-state index contributed by atoms with van der Waals surface area (Å²) in [4.78, 5) is 11.9. The number of rotatable bonds is 6. The van der Waals surface area contributed by atoms with Gasteiger partial charge in [0, 0.05) is 10.2 Å². The minimum atomic E-state index is -0.170. The van der Waals surface area contributed by atoms with Crippen molar-refractivity contribution in [2.75, 3.05) is 11.9 Å². The molecule has 0 unspecified atom stereocenters. The lowest BCUT2D eigenvalue weighted by Gasteiger charge is -2.11. The van der Waals surface area contributed by atoms with Crippen molar-refractivity contribution in [3.05, 3.63) is 58.6 Å². The first-order valence-electron chi connectivity index (χ1n) is 7.36. The maximum absolute atomic E-state index is 11.9. The Morgan fingerprint density at radius 3 is 2.59 bits per heavy atom. The van der Waals surface area contributed by atoms with E-state index in [0.29, 0.717) is 11.7 Å². The molecule has 2 aromatic carbocycles. The van der Waals surface area contributed by atoms with Crippen LogP contribution in [0.3, 0.4) is 0 Å². The average molecular weight is 362 g/mol. The lowest BCUT2D eigenvalue weighted by atomic mass is 9.99. The predicted molar refractivity (Wildman–Crippen MR) is 93.4 cm³/mol. The van der Waals surface area contributed by atoms with Crippen molar-refractivity contribution in [1.82, 2.24) is 0 Å². The number of nitrogens with one attached hydrogen (secondary N) is 1. The van der Waals surface area contributed by atoms with E-state index in [0.717, 1.165) is 16.6 Å². The summed E-state index contributed by atoms with van der Waals surface area (Å²) in [6.45, 7) is 4.35. The molecule has 0 spiro atoms. The molecule has 0 aliphatic heterocycles. The van der Waals surface area contributed by atoms with Crippen LogP contribution in [0.2, 0.25) is 0 Å². The normalized spacial score (nSPS) is 11.8. The molecule has 2 aromatic rings. The van der Waals surface area contributed by atoms with Gasteiger partial charge in [-0.15, -0.1) is 0 Å². The van der Waals surface area contributed by atoms with Crippen LogP contribution in [0, 0.1) is 0 Å². The van der Waals surface area contributed by atoms with Crippen molar-refractivity contribution in [3.8, 4) is 5.75 Å². The Kier molecular flexibility index (Phi) is 6.01. The molecule has 1 atom stereocenters. The summed E-state index contributed by atoms with van der Waals surface area (Å²) in [5.41, 5.74) is 2.07. The summed E-state index contributed by atoms with van der Waals surface area (Å²) >= 11 is 3.37. The van der Waals surface area contributed by atoms with E-state index in [1.54, 1.807) is 0 Å². The van der Waals surface area contributed by atoms with Gasteiger partial charge in [0.05, 0.1) is 0 Å². The van der Waals surface area contributed by atoms with Crippen LogP contribution in [0.1, 0.15) is 31.7 Å². The van der Waals surface area contributed by atoms with Gasteiger partial charge in [0.2, 0.25) is 0 Å². The Bertz CT molecular complexity index is 625. The van der Waals surface area contributed by atoms with E-state index in [2.05, 4.69) is 47.2 Å². The van der Waals surface area contributed by atoms with Gasteiger partial charge in [0.1, 0.15) is 5.75 Å². The number of benzene rings is 2. The molecule has 0 heterocycles. The maximum atomic E-state index is 11.9. The molecule has 0 aliphatic rings. The van der Waals surface area contributed by atoms with Crippen LogP contribution in [-0.4, -0.2) is 12.5 Å². The molecule has 1 amide bonds. The molecular weight excluding hydrogens is 342 g/mol. The summed E-state index contributed by atoms with van der Waals surface area (Å²) in [5.74, 6) is 1.03. The van der Waals surface area contributed by atoms with E-state index in [1.807, 2.05) is 36.4 Å². The molecule has 0 bridgehead atoms. The standard InChI is InChI=1S/C18H20BrNO2/c1-3-13(2)14-7-9-16(10-8-14)20-18(21)12-22-17-6-4-5-15(19)11-17/h4-11,13H,3,12H2,1-2H3,(H,20,21)/t13-/m1/s1. The molecule has 22 heavy (non-hydrogen) atoms. The summed E-state index contributed by atoms with van der Waals surface area (Å²) in [5, 5.41) is 2.84. The zero-order valence-electron chi connectivity index (χ0n) is 12.8. The van der Waals surface area contributed by atoms with Gasteiger partial charge in [-0.05, 0) is 48.2 Å². The second kappa shape index (κ2) is 7.99. The Morgan fingerprint density at radius 2 is 1.95 bits per heavy atom. The molecule has 116 valence electrons. The highest BCUT2D eigenvalue weighted by Gasteiger charge is 2.06. The van der Waals surface area contributed by atoms with Gasteiger partial charge in [0.25, 0.3) is 5.91 Å². The molecule has 0 aliphatic carbocycles. The Balaban J connectivity index is 1.86. The van der Waals surface area contributed by atoms with Crippen LogP contribution >= 0.6 is 15.9 Å². The third kappa shape index (κ3) is 4.88. The van der Waals surface area contributed by atoms with Crippen molar-refractivity contribution >= 4 is 27.5 Å². The van der Waals surface area contributed by atoms with Gasteiger partial charge in [-0.3, -0.25) is 4.79 Å². The fraction of sp³-hybridized carbons (Fsp3) is 0.278. The number of amides is 1. The zero-order chi connectivity index (χ0) is 15.9. The van der Waals surface area contributed by atoms with Crippen LogP contribution in [0.15, 0.2) is 53.0 Å². The number of hydrogen-bond donors (Lipinski definition) is 1. The van der Waals surface area contributed by atoms with Crippen LogP contribution in [0.5, 0.6) is 5.75 Å². The smallest absolute Gasteiger partial charge is 0.262 e. The van der Waals surface area contributed by atoms with Crippen LogP contribution < -0.4 is 10.1 Å². The third-order valence-electron chi connectivity index (χ3n) is 3.54. The first kappa shape index (κ1) is 16.6. The predicted octanol–water partition coefficient (Wildman–Crippen LogP) is 4.98.